The molecule has 0 bridgehead atoms. The number of Topliss-reactive ketones (excluding diaryl/α,β-unsaturated/α-hetero) is 1. The third-order valence-electron chi connectivity index (χ3n) is 3.42. The Morgan fingerprint density at radius 1 is 1.27 bits per heavy atom. The fourth-order valence-electron chi connectivity index (χ4n) is 1.68. The zero-order chi connectivity index (χ0) is 20.5. The fraction of sp³-hybridized carbons (Fsp3) is 0.444. The van der Waals surface area contributed by atoms with Gasteiger partial charge in [-0.1, -0.05) is 26.0 Å². The van der Waals surface area contributed by atoms with Gasteiger partial charge in [0.05, 0.1) is 12.2 Å². The van der Waals surface area contributed by atoms with Gasteiger partial charge in [-0.2, -0.15) is 13.2 Å². The Balaban J connectivity index is 0.000000541. The van der Waals surface area contributed by atoms with E-state index in [4.69, 9.17) is 5.73 Å². The second-order valence-electron chi connectivity index (χ2n) is 5.47. The molecule has 0 fully saturated rings. The summed E-state index contributed by atoms with van der Waals surface area (Å²) in [4.78, 5) is 22.9. The van der Waals surface area contributed by atoms with Crippen LogP contribution in [0.3, 0.4) is 0 Å². The smallest absolute Gasteiger partial charge is 0.416 e. The third-order valence-corrected chi connectivity index (χ3v) is 3.66. The lowest BCUT2D eigenvalue weighted by Gasteiger charge is -2.10. The summed E-state index contributed by atoms with van der Waals surface area (Å²) < 4.78 is 41.8. The van der Waals surface area contributed by atoms with E-state index in [-0.39, 0.29) is 23.0 Å². The van der Waals surface area contributed by atoms with Gasteiger partial charge < -0.3 is 10.5 Å². The van der Waals surface area contributed by atoms with Gasteiger partial charge in [0.1, 0.15) is 5.70 Å². The Kier molecular flexibility index (Phi) is 10.1. The van der Waals surface area contributed by atoms with Crippen LogP contribution in [0.5, 0.6) is 0 Å². The van der Waals surface area contributed by atoms with Crippen molar-refractivity contribution < 1.29 is 27.5 Å². The molecule has 0 aromatic heterocycles. The predicted molar refractivity (Wildman–Crippen MR) is 97.7 cm³/mol. The van der Waals surface area contributed by atoms with Crippen LogP contribution in [-0.2, 0) is 15.7 Å². The molecule has 2 N–H and O–H groups in total. The van der Waals surface area contributed by atoms with Crippen molar-refractivity contribution in [3.8, 4) is 0 Å². The Morgan fingerprint density at radius 3 is 2.27 bits per heavy atom. The highest BCUT2D eigenvalue weighted by Gasteiger charge is 2.31. The molecule has 26 heavy (non-hydrogen) atoms. The molecule has 0 aliphatic rings. The zero-order valence-electron chi connectivity index (χ0n) is 15.2. The maximum Gasteiger partial charge on any atom is 0.416 e. The molecule has 1 rings (SSSR count). The number of esters is 1. The molecule has 0 heterocycles. The second kappa shape index (κ2) is 10.9. The highest BCUT2D eigenvalue weighted by atomic mass is 32.1. The fourth-order valence-corrected chi connectivity index (χ4v) is 1.77. The number of benzene rings is 1. The Morgan fingerprint density at radius 2 is 1.85 bits per heavy atom. The van der Waals surface area contributed by atoms with Crippen molar-refractivity contribution >= 4 is 24.4 Å². The molecular weight excluding hydrogens is 367 g/mol. The minimum absolute atomic E-state index is 0.0742. The largest absolute Gasteiger partial charge is 0.461 e. The van der Waals surface area contributed by atoms with Crippen molar-refractivity contribution in [2.45, 2.75) is 40.3 Å². The molecule has 8 heteroatoms. The van der Waals surface area contributed by atoms with E-state index in [1.807, 2.05) is 6.92 Å². The molecule has 0 radical (unpaired) electrons. The molecular formula is C18H24F3NO3S. The van der Waals surface area contributed by atoms with Gasteiger partial charge in [0.25, 0.3) is 0 Å². The third kappa shape index (κ3) is 7.95. The number of ether oxygens (including phenoxy) is 1. The minimum atomic E-state index is -4.40. The number of halogens is 3. The van der Waals surface area contributed by atoms with Crippen LogP contribution in [0.15, 0.2) is 34.9 Å². The molecule has 0 amide bonds. The lowest BCUT2D eigenvalue weighted by molar-refractivity contribution is -0.139. The van der Waals surface area contributed by atoms with Gasteiger partial charge in [-0.05, 0) is 32.4 Å². The molecule has 1 aromatic carbocycles. The van der Waals surface area contributed by atoms with Crippen LogP contribution in [0, 0.1) is 5.92 Å². The highest BCUT2D eigenvalue weighted by Crippen LogP contribution is 2.30. The van der Waals surface area contributed by atoms with Gasteiger partial charge in [-0.25, -0.2) is 4.79 Å². The number of thiol groups is 1. The molecule has 4 nitrogen and oxygen atoms in total. The molecule has 0 spiro atoms. The number of ketones is 1. The van der Waals surface area contributed by atoms with Gasteiger partial charge >= 0.3 is 12.1 Å². The number of carbonyl (C=O) groups excluding carboxylic acids is 2. The molecule has 146 valence electrons. The summed E-state index contributed by atoms with van der Waals surface area (Å²) in [7, 11) is 0. The van der Waals surface area contributed by atoms with Crippen molar-refractivity contribution in [1.82, 2.24) is 0 Å². The number of alkyl halides is 3. The van der Waals surface area contributed by atoms with E-state index in [1.165, 1.54) is 12.1 Å². The summed E-state index contributed by atoms with van der Waals surface area (Å²) in [6.07, 6.45) is -3.78. The summed E-state index contributed by atoms with van der Waals surface area (Å²) in [6.45, 7) is 7.23. The summed E-state index contributed by atoms with van der Waals surface area (Å²) in [6, 6.07) is 4.56. The normalized spacial score (nSPS) is 13.1. The predicted octanol–water partition coefficient (Wildman–Crippen LogP) is 4.60. The summed E-state index contributed by atoms with van der Waals surface area (Å²) in [5, 5.41) is 0. The molecule has 1 atom stereocenters. The first-order valence-corrected chi connectivity index (χ1v) is 8.44. The minimum Gasteiger partial charge on any atom is -0.461 e. The topological polar surface area (TPSA) is 69.4 Å². The summed E-state index contributed by atoms with van der Waals surface area (Å²) in [5.74, 6) is -0.993. The maximum atomic E-state index is 12.4. The standard InChI is InChI=1S/C12H13F3O.C6H11NO2S/c1-3-8(2)11(16)9-5-4-6-10(7-9)12(13,14)15;1-3-9-6(8)5(7)4(2)10/h4-8H,3H2,1-2H3;10H,3,7H2,1-2H3/b;5-4-. The summed E-state index contributed by atoms with van der Waals surface area (Å²) >= 11 is 3.88. The number of carbonyl (C=O) groups is 2. The van der Waals surface area contributed by atoms with Crippen LogP contribution in [0.4, 0.5) is 13.2 Å². The molecule has 0 saturated carbocycles. The molecule has 0 aliphatic heterocycles. The van der Waals surface area contributed by atoms with Crippen molar-refractivity contribution in [1.29, 1.82) is 0 Å². The van der Waals surface area contributed by atoms with E-state index in [9.17, 15) is 22.8 Å². The maximum absolute atomic E-state index is 12.4. The van der Waals surface area contributed by atoms with E-state index < -0.39 is 17.7 Å². The number of hydrogen-bond donors (Lipinski definition) is 2. The Bertz CT molecular complexity index is 653. The van der Waals surface area contributed by atoms with Gasteiger partial charge in [0.2, 0.25) is 0 Å². The van der Waals surface area contributed by atoms with Crippen molar-refractivity contribution in [3.63, 3.8) is 0 Å². The van der Waals surface area contributed by atoms with Gasteiger partial charge in [-0.3, -0.25) is 4.79 Å². The first-order chi connectivity index (χ1) is 11.9. The van der Waals surface area contributed by atoms with E-state index >= 15 is 0 Å². The number of hydrogen-bond acceptors (Lipinski definition) is 5. The molecule has 0 aliphatic carbocycles. The van der Waals surface area contributed by atoms with Crippen LogP contribution < -0.4 is 5.73 Å². The lowest BCUT2D eigenvalue weighted by atomic mass is 9.96. The molecule has 1 unspecified atom stereocenters. The zero-order valence-corrected chi connectivity index (χ0v) is 16.1. The highest BCUT2D eigenvalue weighted by molar-refractivity contribution is 7.84. The van der Waals surface area contributed by atoms with E-state index in [0.717, 1.165) is 12.1 Å². The van der Waals surface area contributed by atoms with Crippen molar-refractivity contribution in [2.24, 2.45) is 11.7 Å². The molecule has 1 aromatic rings. The lowest BCUT2D eigenvalue weighted by Crippen LogP contribution is -2.15. The van der Waals surface area contributed by atoms with Crippen LogP contribution in [-0.4, -0.2) is 18.4 Å². The van der Waals surface area contributed by atoms with E-state index in [2.05, 4.69) is 17.4 Å². The van der Waals surface area contributed by atoms with Crippen LogP contribution in [0.1, 0.15) is 50.0 Å². The Labute approximate surface area is 157 Å². The quantitative estimate of drug-likeness (QED) is 0.333. The first kappa shape index (κ1) is 24.0. The van der Waals surface area contributed by atoms with Crippen molar-refractivity contribution in [3.05, 3.63) is 46.0 Å². The van der Waals surface area contributed by atoms with Gasteiger partial charge in [0, 0.05) is 16.4 Å². The monoisotopic (exact) mass is 391 g/mol. The number of nitrogens with two attached hydrogens (primary N) is 1. The van der Waals surface area contributed by atoms with Crippen molar-refractivity contribution in [2.75, 3.05) is 6.61 Å². The van der Waals surface area contributed by atoms with E-state index in [1.54, 1.807) is 20.8 Å². The Hall–Kier alpha value is -1.96. The number of rotatable bonds is 5. The SMILES string of the molecule is CCC(C)C(=O)c1cccc(C(F)(F)F)c1.CCOC(=O)/C(N)=C(\C)S. The second-order valence-corrected chi connectivity index (χ2v) is 6.14. The van der Waals surface area contributed by atoms with Crippen LogP contribution in [0.2, 0.25) is 0 Å². The van der Waals surface area contributed by atoms with Gasteiger partial charge in [-0.15, -0.1) is 12.6 Å². The number of allylic oxidation sites excluding steroid dienone is 1. The first-order valence-electron chi connectivity index (χ1n) is 7.99. The molecule has 0 saturated heterocycles. The van der Waals surface area contributed by atoms with Gasteiger partial charge in [0.15, 0.2) is 5.78 Å². The van der Waals surface area contributed by atoms with Crippen LogP contribution in [0.25, 0.3) is 0 Å². The summed E-state index contributed by atoms with van der Waals surface area (Å²) in [5.41, 5.74) is 4.70. The van der Waals surface area contributed by atoms with Crippen LogP contribution >= 0.6 is 12.6 Å². The van der Waals surface area contributed by atoms with E-state index in [0.29, 0.717) is 17.9 Å². The average molecular weight is 391 g/mol. The average Bonchev–Trinajstić information content (AvgIpc) is 2.59.